The average molecular weight is 482 g/mol. The Morgan fingerprint density at radius 2 is 1.91 bits per heavy atom. The van der Waals surface area contributed by atoms with E-state index in [-0.39, 0.29) is 39.3 Å². The molecule has 5 rings (SSSR count). The van der Waals surface area contributed by atoms with Crippen molar-refractivity contribution in [1.29, 1.82) is 0 Å². The lowest BCUT2D eigenvalue weighted by molar-refractivity contribution is -0.137. The molecule has 0 bridgehead atoms. The maximum absolute atomic E-state index is 14.6. The highest BCUT2D eigenvalue weighted by molar-refractivity contribution is 6.13. The van der Waals surface area contributed by atoms with E-state index in [4.69, 9.17) is 4.52 Å². The van der Waals surface area contributed by atoms with Crippen LogP contribution in [0, 0.1) is 12.7 Å². The van der Waals surface area contributed by atoms with Gasteiger partial charge in [-0.2, -0.15) is 18.3 Å². The molecule has 35 heavy (non-hydrogen) atoms. The van der Waals surface area contributed by atoms with Crippen molar-refractivity contribution < 1.29 is 26.9 Å². The fourth-order valence-corrected chi connectivity index (χ4v) is 3.67. The zero-order valence-electron chi connectivity index (χ0n) is 17.8. The van der Waals surface area contributed by atoms with Crippen molar-refractivity contribution in [2.75, 3.05) is 5.32 Å². The second-order valence-corrected chi connectivity index (χ2v) is 7.51. The summed E-state index contributed by atoms with van der Waals surface area (Å²) in [5.74, 6) is -1.38. The molecule has 0 saturated heterocycles. The van der Waals surface area contributed by atoms with Gasteiger partial charge in [0, 0.05) is 11.3 Å². The van der Waals surface area contributed by atoms with Crippen LogP contribution in [0.4, 0.5) is 23.2 Å². The molecule has 3 aromatic heterocycles. The lowest BCUT2D eigenvalue weighted by atomic mass is 10.0. The number of alkyl halides is 3. The first kappa shape index (κ1) is 22.2. The predicted molar refractivity (Wildman–Crippen MR) is 116 cm³/mol. The summed E-state index contributed by atoms with van der Waals surface area (Å²) in [6, 6.07) is 10.0. The van der Waals surface area contributed by atoms with E-state index in [0.717, 1.165) is 12.1 Å². The molecule has 176 valence electrons. The Morgan fingerprint density at radius 3 is 2.63 bits per heavy atom. The van der Waals surface area contributed by atoms with Gasteiger partial charge < -0.3 is 9.84 Å². The van der Waals surface area contributed by atoms with E-state index in [9.17, 15) is 22.4 Å². The van der Waals surface area contributed by atoms with Crippen molar-refractivity contribution in [3.05, 3.63) is 83.8 Å². The number of benzene rings is 2. The summed E-state index contributed by atoms with van der Waals surface area (Å²) in [5, 5.41) is 10.4. The zero-order chi connectivity index (χ0) is 24.7. The van der Waals surface area contributed by atoms with E-state index in [1.54, 1.807) is 6.92 Å². The van der Waals surface area contributed by atoms with Gasteiger partial charge in [0.25, 0.3) is 11.6 Å². The minimum atomic E-state index is -4.64. The summed E-state index contributed by atoms with van der Waals surface area (Å²) in [4.78, 5) is 21.1. The van der Waals surface area contributed by atoms with Gasteiger partial charge in [-0.25, -0.2) is 19.0 Å². The minimum absolute atomic E-state index is 0.0264. The first-order chi connectivity index (χ1) is 16.7. The molecule has 2 aromatic carbocycles. The van der Waals surface area contributed by atoms with Crippen LogP contribution in [0.15, 0.2) is 65.7 Å². The summed E-state index contributed by atoms with van der Waals surface area (Å²) in [5.41, 5.74) is -0.842. The van der Waals surface area contributed by atoms with Crippen molar-refractivity contribution in [2.45, 2.75) is 13.1 Å². The topological polar surface area (TPSA) is 98.7 Å². The van der Waals surface area contributed by atoms with Gasteiger partial charge in [-0.3, -0.25) is 4.79 Å². The fraction of sp³-hybridized carbons (Fsp3) is 0.0870. The Balaban J connectivity index is 1.56. The van der Waals surface area contributed by atoms with E-state index in [0.29, 0.717) is 5.69 Å². The number of aryl methyl sites for hydroxylation is 1. The van der Waals surface area contributed by atoms with E-state index < -0.39 is 23.5 Å². The van der Waals surface area contributed by atoms with Crippen LogP contribution >= 0.6 is 0 Å². The maximum atomic E-state index is 14.6. The van der Waals surface area contributed by atoms with Crippen LogP contribution in [0.3, 0.4) is 0 Å². The molecule has 0 atom stereocenters. The molecule has 0 unspecified atom stereocenters. The van der Waals surface area contributed by atoms with Crippen LogP contribution in [-0.2, 0) is 6.18 Å². The molecule has 0 aliphatic heterocycles. The monoisotopic (exact) mass is 482 g/mol. The van der Waals surface area contributed by atoms with Gasteiger partial charge in [-0.15, -0.1) is 0 Å². The number of aromatic nitrogens is 5. The van der Waals surface area contributed by atoms with Crippen LogP contribution in [0.25, 0.3) is 28.0 Å². The molecule has 3 heterocycles. The number of pyridine rings is 1. The third-order valence-corrected chi connectivity index (χ3v) is 5.24. The Kier molecular flexibility index (Phi) is 5.27. The molecule has 0 aliphatic rings. The van der Waals surface area contributed by atoms with E-state index >= 15 is 0 Å². The van der Waals surface area contributed by atoms with Crippen molar-refractivity contribution in [3.8, 4) is 16.9 Å². The second-order valence-electron chi connectivity index (χ2n) is 7.51. The highest BCUT2D eigenvalue weighted by Gasteiger charge is 2.34. The number of carbonyl (C=O) groups excluding carboxylic acids is 1. The summed E-state index contributed by atoms with van der Waals surface area (Å²) in [7, 11) is 0. The van der Waals surface area contributed by atoms with E-state index in [1.165, 1.54) is 53.7 Å². The fourth-order valence-electron chi connectivity index (χ4n) is 3.67. The first-order valence-electron chi connectivity index (χ1n) is 10.1. The summed E-state index contributed by atoms with van der Waals surface area (Å²) >= 11 is 0. The Bertz CT molecular complexity index is 1560. The lowest BCUT2D eigenvalue weighted by Crippen LogP contribution is -2.14. The third-order valence-electron chi connectivity index (χ3n) is 5.24. The van der Waals surface area contributed by atoms with Gasteiger partial charge in [-0.1, -0.05) is 23.4 Å². The van der Waals surface area contributed by atoms with Crippen molar-refractivity contribution >= 4 is 22.7 Å². The first-order valence-corrected chi connectivity index (χ1v) is 10.1. The van der Waals surface area contributed by atoms with E-state index in [1.807, 2.05) is 0 Å². The van der Waals surface area contributed by atoms with Crippen molar-refractivity contribution in [3.63, 3.8) is 0 Å². The second kappa shape index (κ2) is 8.31. The Labute approximate surface area is 194 Å². The molecule has 1 N–H and O–H groups in total. The molecule has 1 amide bonds. The SMILES string of the molecule is Cc1noc2nc(-c3ccccc3C(F)(F)F)cc(C(=O)Nc3ccc(-n4cncn4)c(F)c3)c12. The summed E-state index contributed by atoms with van der Waals surface area (Å²) < 4.78 is 61.7. The predicted octanol–water partition coefficient (Wildman–Crippen LogP) is 5.19. The summed E-state index contributed by atoms with van der Waals surface area (Å²) in [6.07, 6.45) is -2.07. The van der Waals surface area contributed by atoms with Gasteiger partial charge in [0.05, 0.1) is 27.9 Å². The molecular formula is C23H14F4N6O2. The van der Waals surface area contributed by atoms with Crippen LogP contribution in [0.1, 0.15) is 21.6 Å². The molecule has 5 aromatic rings. The average Bonchev–Trinajstić information content (AvgIpc) is 3.48. The minimum Gasteiger partial charge on any atom is -0.335 e. The number of hydrogen-bond donors (Lipinski definition) is 1. The number of nitrogens with one attached hydrogen (secondary N) is 1. The van der Waals surface area contributed by atoms with Crippen LogP contribution in [0.5, 0.6) is 0 Å². The van der Waals surface area contributed by atoms with Gasteiger partial charge >= 0.3 is 6.18 Å². The lowest BCUT2D eigenvalue weighted by Gasteiger charge is -2.13. The molecule has 0 saturated carbocycles. The van der Waals surface area contributed by atoms with Gasteiger partial charge in [0.15, 0.2) is 5.82 Å². The van der Waals surface area contributed by atoms with Crippen molar-refractivity contribution in [2.24, 2.45) is 0 Å². The van der Waals surface area contributed by atoms with Gasteiger partial charge in [0.1, 0.15) is 18.3 Å². The molecule has 0 aliphatic carbocycles. The van der Waals surface area contributed by atoms with Crippen LogP contribution < -0.4 is 5.32 Å². The molecular weight excluding hydrogens is 468 g/mol. The van der Waals surface area contributed by atoms with Crippen molar-refractivity contribution in [1.82, 2.24) is 24.9 Å². The Hall–Kier alpha value is -4.61. The smallest absolute Gasteiger partial charge is 0.335 e. The number of anilines is 1. The number of fused-ring (bicyclic) bond motifs is 1. The van der Waals surface area contributed by atoms with Crippen LogP contribution in [0.2, 0.25) is 0 Å². The normalized spacial score (nSPS) is 11.7. The number of hydrogen-bond acceptors (Lipinski definition) is 6. The van der Waals surface area contributed by atoms with Gasteiger partial charge in [0.2, 0.25) is 0 Å². The Morgan fingerprint density at radius 1 is 1.11 bits per heavy atom. The van der Waals surface area contributed by atoms with E-state index in [2.05, 4.69) is 25.5 Å². The zero-order valence-corrected chi connectivity index (χ0v) is 17.8. The highest BCUT2D eigenvalue weighted by atomic mass is 19.4. The number of amides is 1. The third kappa shape index (κ3) is 4.09. The molecule has 8 nitrogen and oxygen atoms in total. The number of rotatable bonds is 4. The summed E-state index contributed by atoms with van der Waals surface area (Å²) in [6.45, 7) is 1.57. The van der Waals surface area contributed by atoms with Crippen LogP contribution in [-0.4, -0.2) is 30.8 Å². The molecule has 12 heteroatoms. The van der Waals surface area contributed by atoms with Gasteiger partial charge in [-0.05, 0) is 37.3 Å². The quantitative estimate of drug-likeness (QED) is 0.354. The largest absolute Gasteiger partial charge is 0.417 e. The highest BCUT2D eigenvalue weighted by Crippen LogP contribution is 2.37. The molecule has 0 fully saturated rings. The molecule has 0 spiro atoms. The molecule has 0 radical (unpaired) electrons. The number of halogens is 4. The number of carbonyl (C=O) groups is 1. The maximum Gasteiger partial charge on any atom is 0.417 e. The standard InChI is InChI=1S/C23H14F4N6O2/c1-12-20-15(21(34)30-13-6-7-19(17(24)8-13)33-11-28-10-29-33)9-18(31-22(20)35-32-12)14-4-2-3-5-16(14)23(25,26)27/h2-11H,1H3,(H,30,34). The number of nitrogens with zero attached hydrogens (tertiary/aromatic N) is 5.